The minimum absolute atomic E-state index is 0.0416. The second-order valence-corrected chi connectivity index (χ2v) is 5.82. The molecule has 0 aliphatic heterocycles. The van der Waals surface area contributed by atoms with Crippen LogP contribution in [0.5, 0.6) is 0 Å². The summed E-state index contributed by atoms with van der Waals surface area (Å²) in [5.41, 5.74) is 2.86. The number of hydrogen-bond acceptors (Lipinski definition) is 1. The Hall–Kier alpha value is -2.16. The molecule has 0 heterocycles. The van der Waals surface area contributed by atoms with Gasteiger partial charge in [-0.3, -0.25) is 4.79 Å². The van der Waals surface area contributed by atoms with Gasteiger partial charge >= 0.3 is 0 Å². The normalized spacial score (nSPS) is 15.6. The number of carbonyl (C=O) groups is 1. The van der Waals surface area contributed by atoms with E-state index in [-0.39, 0.29) is 11.7 Å². The lowest BCUT2D eigenvalue weighted by molar-refractivity contribution is -0.118. The standard InChI is InChI=1S/C18H18FNO/c1-12-5-3-4-6-15(12)18(9-10-18)17(21)20-14-8-7-13(2)16(19)11-14/h3-8,11H,9-10H2,1-2H3,(H,20,21). The first-order valence-corrected chi connectivity index (χ1v) is 7.17. The van der Waals surface area contributed by atoms with E-state index in [4.69, 9.17) is 0 Å². The Kier molecular flexibility index (Phi) is 3.28. The molecule has 0 bridgehead atoms. The Morgan fingerprint density at radius 1 is 1.10 bits per heavy atom. The van der Waals surface area contributed by atoms with Crippen molar-refractivity contribution in [2.45, 2.75) is 32.1 Å². The number of aryl methyl sites for hydroxylation is 2. The molecule has 2 aromatic carbocycles. The molecule has 21 heavy (non-hydrogen) atoms. The number of rotatable bonds is 3. The molecule has 0 unspecified atom stereocenters. The van der Waals surface area contributed by atoms with Crippen LogP contribution in [0.3, 0.4) is 0 Å². The summed E-state index contributed by atoms with van der Waals surface area (Å²) in [6.45, 7) is 3.73. The van der Waals surface area contributed by atoms with Gasteiger partial charge in [-0.1, -0.05) is 30.3 Å². The maximum Gasteiger partial charge on any atom is 0.235 e. The predicted octanol–water partition coefficient (Wildman–Crippen LogP) is 4.11. The summed E-state index contributed by atoms with van der Waals surface area (Å²) in [6, 6.07) is 12.8. The van der Waals surface area contributed by atoms with Crippen LogP contribution in [0, 0.1) is 19.7 Å². The maximum absolute atomic E-state index is 13.6. The van der Waals surface area contributed by atoms with Crippen molar-refractivity contribution in [3.8, 4) is 0 Å². The molecule has 0 atom stereocenters. The number of nitrogens with one attached hydrogen (secondary N) is 1. The van der Waals surface area contributed by atoms with Crippen LogP contribution in [0.25, 0.3) is 0 Å². The average molecular weight is 283 g/mol. The number of carbonyl (C=O) groups excluding carboxylic acids is 1. The highest BCUT2D eigenvalue weighted by atomic mass is 19.1. The zero-order valence-electron chi connectivity index (χ0n) is 12.2. The van der Waals surface area contributed by atoms with Gasteiger partial charge in [0.25, 0.3) is 0 Å². The first-order valence-electron chi connectivity index (χ1n) is 7.17. The summed E-state index contributed by atoms with van der Waals surface area (Å²) in [5, 5.41) is 2.86. The van der Waals surface area contributed by atoms with Crippen LogP contribution >= 0.6 is 0 Å². The minimum Gasteiger partial charge on any atom is -0.325 e. The van der Waals surface area contributed by atoms with E-state index in [1.165, 1.54) is 6.07 Å². The van der Waals surface area contributed by atoms with E-state index < -0.39 is 5.41 Å². The number of anilines is 1. The quantitative estimate of drug-likeness (QED) is 0.902. The highest BCUT2D eigenvalue weighted by Gasteiger charge is 2.51. The summed E-state index contributed by atoms with van der Waals surface area (Å²) < 4.78 is 13.6. The van der Waals surface area contributed by atoms with Crippen LogP contribution in [0.1, 0.15) is 29.5 Å². The largest absolute Gasteiger partial charge is 0.325 e. The lowest BCUT2D eigenvalue weighted by atomic mass is 9.91. The van der Waals surface area contributed by atoms with Crippen molar-refractivity contribution in [1.82, 2.24) is 0 Å². The van der Waals surface area contributed by atoms with Crippen LogP contribution < -0.4 is 5.32 Å². The van der Waals surface area contributed by atoms with E-state index in [0.29, 0.717) is 11.3 Å². The first kappa shape index (κ1) is 13.8. The molecule has 0 aromatic heterocycles. The van der Waals surface area contributed by atoms with Crippen LogP contribution in [-0.2, 0) is 10.2 Å². The van der Waals surface area contributed by atoms with Crippen LogP contribution in [0.2, 0.25) is 0 Å². The molecular formula is C18H18FNO. The number of halogens is 1. The van der Waals surface area contributed by atoms with Gasteiger partial charge in [-0.15, -0.1) is 0 Å². The molecule has 1 fully saturated rings. The van der Waals surface area contributed by atoms with Crippen molar-refractivity contribution in [3.63, 3.8) is 0 Å². The van der Waals surface area contributed by atoms with E-state index in [1.54, 1.807) is 19.1 Å². The van der Waals surface area contributed by atoms with E-state index in [1.807, 2.05) is 31.2 Å². The molecule has 0 radical (unpaired) electrons. The molecule has 0 saturated heterocycles. The van der Waals surface area contributed by atoms with Crippen molar-refractivity contribution in [2.24, 2.45) is 0 Å². The van der Waals surface area contributed by atoms with Gasteiger partial charge in [0, 0.05) is 5.69 Å². The second-order valence-electron chi connectivity index (χ2n) is 5.82. The monoisotopic (exact) mass is 283 g/mol. The molecule has 2 aromatic rings. The van der Waals surface area contributed by atoms with Crippen molar-refractivity contribution >= 4 is 11.6 Å². The van der Waals surface area contributed by atoms with Gasteiger partial charge in [0.1, 0.15) is 5.82 Å². The molecule has 3 heteroatoms. The predicted molar refractivity (Wildman–Crippen MR) is 81.9 cm³/mol. The fourth-order valence-electron chi connectivity index (χ4n) is 2.77. The Balaban J connectivity index is 1.85. The average Bonchev–Trinajstić information content (AvgIpc) is 3.25. The van der Waals surface area contributed by atoms with Gasteiger partial charge in [-0.25, -0.2) is 4.39 Å². The van der Waals surface area contributed by atoms with Gasteiger partial charge in [0.15, 0.2) is 0 Å². The molecular weight excluding hydrogens is 265 g/mol. The van der Waals surface area contributed by atoms with Gasteiger partial charge in [0.05, 0.1) is 5.41 Å². The highest BCUT2D eigenvalue weighted by molar-refractivity contribution is 6.01. The van der Waals surface area contributed by atoms with Gasteiger partial charge in [-0.2, -0.15) is 0 Å². The summed E-state index contributed by atoms with van der Waals surface area (Å²) in [6.07, 6.45) is 1.69. The zero-order valence-corrected chi connectivity index (χ0v) is 12.2. The molecule has 3 rings (SSSR count). The molecule has 0 spiro atoms. The van der Waals surface area contributed by atoms with Gasteiger partial charge in [0.2, 0.25) is 5.91 Å². The molecule has 108 valence electrons. The third-order valence-electron chi connectivity index (χ3n) is 4.27. The fraction of sp³-hybridized carbons (Fsp3) is 0.278. The topological polar surface area (TPSA) is 29.1 Å². The maximum atomic E-state index is 13.6. The third-order valence-corrected chi connectivity index (χ3v) is 4.27. The Morgan fingerprint density at radius 3 is 2.43 bits per heavy atom. The highest BCUT2D eigenvalue weighted by Crippen LogP contribution is 2.50. The smallest absolute Gasteiger partial charge is 0.235 e. The lowest BCUT2D eigenvalue weighted by Gasteiger charge is -2.18. The van der Waals surface area contributed by atoms with E-state index in [9.17, 15) is 9.18 Å². The van der Waals surface area contributed by atoms with E-state index in [0.717, 1.165) is 24.0 Å². The molecule has 1 saturated carbocycles. The Morgan fingerprint density at radius 2 is 1.81 bits per heavy atom. The van der Waals surface area contributed by atoms with E-state index in [2.05, 4.69) is 5.32 Å². The SMILES string of the molecule is Cc1ccc(NC(=O)C2(c3ccccc3C)CC2)cc1F. The molecule has 1 aliphatic carbocycles. The summed E-state index contributed by atoms with van der Waals surface area (Å²) >= 11 is 0. The van der Waals surface area contributed by atoms with Crippen molar-refractivity contribution in [3.05, 3.63) is 65.0 Å². The number of hydrogen-bond donors (Lipinski definition) is 1. The fourth-order valence-corrected chi connectivity index (χ4v) is 2.77. The van der Waals surface area contributed by atoms with Gasteiger partial charge in [-0.05, 0) is 55.5 Å². The minimum atomic E-state index is -0.438. The summed E-state index contributed by atoms with van der Waals surface area (Å²) in [5.74, 6) is -0.339. The van der Waals surface area contributed by atoms with Crippen molar-refractivity contribution in [1.29, 1.82) is 0 Å². The van der Waals surface area contributed by atoms with Crippen molar-refractivity contribution in [2.75, 3.05) is 5.32 Å². The van der Waals surface area contributed by atoms with E-state index >= 15 is 0 Å². The molecule has 1 N–H and O–H groups in total. The Bertz CT molecular complexity index is 704. The second kappa shape index (κ2) is 4.99. The van der Waals surface area contributed by atoms with Crippen molar-refractivity contribution < 1.29 is 9.18 Å². The molecule has 1 aliphatic rings. The first-order chi connectivity index (χ1) is 10.0. The number of amides is 1. The lowest BCUT2D eigenvalue weighted by Crippen LogP contribution is -2.28. The Labute approximate surface area is 124 Å². The number of benzene rings is 2. The van der Waals surface area contributed by atoms with Crippen LogP contribution in [0.15, 0.2) is 42.5 Å². The summed E-state index contributed by atoms with van der Waals surface area (Å²) in [4.78, 5) is 12.6. The summed E-state index contributed by atoms with van der Waals surface area (Å²) in [7, 11) is 0. The van der Waals surface area contributed by atoms with Crippen LogP contribution in [0.4, 0.5) is 10.1 Å². The molecule has 1 amide bonds. The third kappa shape index (κ3) is 2.44. The zero-order chi connectivity index (χ0) is 15.0. The molecule has 2 nitrogen and oxygen atoms in total. The van der Waals surface area contributed by atoms with Crippen LogP contribution in [-0.4, -0.2) is 5.91 Å². The van der Waals surface area contributed by atoms with Gasteiger partial charge < -0.3 is 5.32 Å².